The van der Waals surface area contributed by atoms with Crippen LogP contribution in [0.1, 0.15) is 25.8 Å². The van der Waals surface area contributed by atoms with Crippen molar-refractivity contribution in [1.82, 2.24) is 5.32 Å². The Kier molecular flexibility index (Phi) is 4.57. The topological polar surface area (TPSA) is 15.3 Å². The average molecular weight is 325 g/mol. The quantitative estimate of drug-likeness (QED) is 0.909. The summed E-state index contributed by atoms with van der Waals surface area (Å²) < 4.78 is 1.21. The molecule has 1 atom stereocenters. The van der Waals surface area contributed by atoms with E-state index in [0.717, 1.165) is 25.6 Å². The van der Waals surface area contributed by atoms with E-state index >= 15 is 0 Å². The minimum atomic E-state index is 0.360. The second kappa shape index (κ2) is 5.84. The van der Waals surface area contributed by atoms with Crippen molar-refractivity contribution in [2.75, 3.05) is 31.6 Å². The zero-order chi connectivity index (χ0) is 14.0. The first-order valence-electron chi connectivity index (χ1n) is 7.10. The molecule has 2 rings (SSSR count). The molecule has 1 aliphatic rings. The molecule has 0 aromatic heterocycles. The van der Waals surface area contributed by atoms with Crippen molar-refractivity contribution in [3.05, 3.63) is 28.2 Å². The molecule has 0 saturated carbocycles. The van der Waals surface area contributed by atoms with Crippen molar-refractivity contribution >= 4 is 21.6 Å². The Balaban J connectivity index is 2.13. The summed E-state index contributed by atoms with van der Waals surface area (Å²) in [6.07, 6.45) is 1.26. The number of piperidine rings is 1. The van der Waals surface area contributed by atoms with Gasteiger partial charge in [-0.2, -0.15) is 0 Å². The highest BCUT2D eigenvalue weighted by Gasteiger charge is 2.35. The highest BCUT2D eigenvalue weighted by atomic mass is 79.9. The van der Waals surface area contributed by atoms with Crippen LogP contribution in [0.2, 0.25) is 0 Å². The minimum Gasteiger partial charge on any atom is -0.371 e. The maximum absolute atomic E-state index is 3.64. The third kappa shape index (κ3) is 3.32. The van der Waals surface area contributed by atoms with Gasteiger partial charge in [0.05, 0.1) is 0 Å². The molecule has 1 N–H and O–H groups in total. The molecule has 1 fully saturated rings. The predicted molar refractivity (Wildman–Crippen MR) is 86.9 cm³/mol. The molecule has 0 amide bonds. The highest BCUT2D eigenvalue weighted by Crippen LogP contribution is 2.37. The molecule has 0 aliphatic carbocycles. The van der Waals surface area contributed by atoms with Gasteiger partial charge in [0.1, 0.15) is 0 Å². The fourth-order valence-corrected chi connectivity index (χ4v) is 3.39. The Morgan fingerprint density at radius 1 is 1.42 bits per heavy atom. The number of halogens is 1. The zero-order valence-corrected chi connectivity index (χ0v) is 14.0. The molecule has 1 aromatic carbocycles. The largest absolute Gasteiger partial charge is 0.371 e. The van der Waals surface area contributed by atoms with Gasteiger partial charge in [-0.05, 0) is 56.0 Å². The summed E-state index contributed by atoms with van der Waals surface area (Å²) in [6, 6.07) is 6.70. The summed E-state index contributed by atoms with van der Waals surface area (Å²) in [5.41, 5.74) is 3.00. The fourth-order valence-electron chi connectivity index (χ4n) is 3.03. The number of hydrogen-bond acceptors (Lipinski definition) is 2. The Morgan fingerprint density at radius 3 is 2.74 bits per heavy atom. The number of aryl methyl sites for hydroxylation is 1. The van der Waals surface area contributed by atoms with Gasteiger partial charge < -0.3 is 10.2 Å². The second-order valence-corrected chi connectivity index (χ2v) is 7.24. The lowest BCUT2D eigenvalue weighted by atomic mass is 9.73. The van der Waals surface area contributed by atoms with Crippen molar-refractivity contribution in [3.63, 3.8) is 0 Å². The van der Waals surface area contributed by atoms with Gasteiger partial charge in [-0.3, -0.25) is 0 Å². The second-order valence-electron chi connectivity index (χ2n) is 6.39. The SMILES string of the molecule is CNCC1CCN(c2ccc(C)c(Br)c2)CC1(C)C. The summed E-state index contributed by atoms with van der Waals surface area (Å²) in [5, 5.41) is 3.34. The van der Waals surface area contributed by atoms with Crippen molar-refractivity contribution in [2.45, 2.75) is 27.2 Å². The molecule has 0 spiro atoms. The van der Waals surface area contributed by atoms with Crippen LogP contribution in [0.3, 0.4) is 0 Å². The van der Waals surface area contributed by atoms with E-state index in [1.807, 2.05) is 0 Å². The van der Waals surface area contributed by atoms with Gasteiger partial charge >= 0.3 is 0 Å². The van der Waals surface area contributed by atoms with Crippen molar-refractivity contribution in [3.8, 4) is 0 Å². The van der Waals surface area contributed by atoms with Crippen LogP contribution in [0.25, 0.3) is 0 Å². The van der Waals surface area contributed by atoms with Crippen molar-refractivity contribution in [2.24, 2.45) is 11.3 Å². The molecular weight excluding hydrogens is 300 g/mol. The van der Waals surface area contributed by atoms with Crippen LogP contribution < -0.4 is 10.2 Å². The van der Waals surface area contributed by atoms with Gasteiger partial charge in [-0.25, -0.2) is 0 Å². The van der Waals surface area contributed by atoms with Gasteiger partial charge in [-0.15, -0.1) is 0 Å². The molecule has 0 bridgehead atoms. The van der Waals surface area contributed by atoms with Crippen LogP contribution in [-0.2, 0) is 0 Å². The van der Waals surface area contributed by atoms with E-state index in [1.54, 1.807) is 0 Å². The highest BCUT2D eigenvalue weighted by molar-refractivity contribution is 9.10. The number of anilines is 1. The Labute approximate surface area is 125 Å². The van der Waals surface area contributed by atoms with Crippen LogP contribution in [0.15, 0.2) is 22.7 Å². The predicted octanol–water partition coefficient (Wildman–Crippen LogP) is 3.83. The van der Waals surface area contributed by atoms with Crippen LogP contribution >= 0.6 is 15.9 Å². The van der Waals surface area contributed by atoms with Gasteiger partial charge in [0.15, 0.2) is 0 Å². The Bertz CT molecular complexity index is 442. The Morgan fingerprint density at radius 2 is 2.16 bits per heavy atom. The first-order chi connectivity index (χ1) is 8.94. The molecule has 1 aromatic rings. The molecule has 1 unspecified atom stereocenters. The van der Waals surface area contributed by atoms with E-state index < -0.39 is 0 Å². The zero-order valence-electron chi connectivity index (χ0n) is 12.5. The number of nitrogens with one attached hydrogen (secondary N) is 1. The lowest BCUT2D eigenvalue weighted by Gasteiger charge is -2.45. The molecule has 19 heavy (non-hydrogen) atoms. The molecule has 1 aliphatic heterocycles. The van der Waals surface area contributed by atoms with Gasteiger partial charge in [-0.1, -0.05) is 35.8 Å². The molecule has 3 heteroatoms. The smallest absolute Gasteiger partial charge is 0.0377 e. The fraction of sp³-hybridized carbons (Fsp3) is 0.625. The van der Waals surface area contributed by atoms with E-state index in [1.165, 1.54) is 22.1 Å². The molecular formula is C16H25BrN2. The van der Waals surface area contributed by atoms with E-state index in [4.69, 9.17) is 0 Å². The summed E-state index contributed by atoms with van der Waals surface area (Å²) in [4.78, 5) is 2.52. The van der Waals surface area contributed by atoms with Crippen LogP contribution in [0.4, 0.5) is 5.69 Å². The van der Waals surface area contributed by atoms with Crippen molar-refractivity contribution in [1.29, 1.82) is 0 Å². The number of nitrogens with zero attached hydrogens (tertiary/aromatic N) is 1. The van der Waals surface area contributed by atoms with E-state index in [2.05, 4.69) is 72.2 Å². The van der Waals surface area contributed by atoms with Gasteiger partial charge in [0, 0.05) is 23.2 Å². The maximum Gasteiger partial charge on any atom is 0.0377 e. The first kappa shape index (κ1) is 14.9. The number of rotatable bonds is 3. The van der Waals surface area contributed by atoms with Gasteiger partial charge in [0.25, 0.3) is 0 Å². The van der Waals surface area contributed by atoms with Crippen LogP contribution in [0, 0.1) is 18.3 Å². The van der Waals surface area contributed by atoms with Crippen LogP contribution in [-0.4, -0.2) is 26.7 Å². The molecule has 1 heterocycles. The molecule has 1 saturated heterocycles. The lowest BCUT2D eigenvalue weighted by molar-refractivity contribution is 0.174. The summed E-state index contributed by atoms with van der Waals surface area (Å²) >= 11 is 3.64. The molecule has 106 valence electrons. The first-order valence-corrected chi connectivity index (χ1v) is 7.89. The standard InChI is InChI=1S/C16H25BrN2/c1-12-5-6-14(9-15(12)17)19-8-7-13(10-18-4)16(2,3)11-19/h5-6,9,13,18H,7-8,10-11H2,1-4H3. The molecule has 2 nitrogen and oxygen atoms in total. The third-order valence-corrected chi connectivity index (χ3v) is 5.28. The summed E-state index contributed by atoms with van der Waals surface area (Å²) in [6.45, 7) is 10.3. The van der Waals surface area contributed by atoms with E-state index in [9.17, 15) is 0 Å². The third-order valence-electron chi connectivity index (χ3n) is 4.42. The molecule has 0 radical (unpaired) electrons. The summed E-state index contributed by atoms with van der Waals surface area (Å²) in [5.74, 6) is 0.766. The lowest BCUT2D eigenvalue weighted by Crippen LogP contribution is -2.48. The number of benzene rings is 1. The van der Waals surface area contributed by atoms with Gasteiger partial charge in [0.2, 0.25) is 0 Å². The maximum atomic E-state index is 3.64. The van der Waals surface area contributed by atoms with E-state index in [-0.39, 0.29) is 0 Å². The van der Waals surface area contributed by atoms with E-state index in [0.29, 0.717) is 5.41 Å². The number of hydrogen-bond donors (Lipinski definition) is 1. The average Bonchev–Trinajstić information content (AvgIpc) is 2.35. The monoisotopic (exact) mass is 324 g/mol. The Hall–Kier alpha value is -0.540. The minimum absolute atomic E-state index is 0.360. The summed E-state index contributed by atoms with van der Waals surface area (Å²) in [7, 11) is 2.06. The normalized spacial score (nSPS) is 22.6. The van der Waals surface area contributed by atoms with Crippen LogP contribution in [0.5, 0.6) is 0 Å². The van der Waals surface area contributed by atoms with Crippen molar-refractivity contribution < 1.29 is 0 Å².